The van der Waals surface area contributed by atoms with Gasteiger partial charge in [-0.1, -0.05) is 19.3 Å². The Bertz CT molecular complexity index is 731. The van der Waals surface area contributed by atoms with Crippen molar-refractivity contribution in [2.24, 2.45) is 0 Å². The molecule has 1 saturated carbocycles. The van der Waals surface area contributed by atoms with Crippen LogP contribution in [0.2, 0.25) is 0 Å². The van der Waals surface area contributed by atoms with Gasteiger partial charge in [0.15, 0.2) is 0 Å². The predicted molar refractivity (Wildman–Crippen MR) is 92.8 cm³/mol. The van der Waals surface area contributed by atoms with E-state index in [2.05, 4.69) is 4.98 Å². The third kappa shape index (κ3) is 3.47. The number of nitrogens with zero attached hydrogens (tertiary/aromatic N) is 3. The van der Waals surface area contributed by atoms with Gasteiger partial charge in [0.05, 0.1) is 11.7 Å². The summed E-state index contributed by atoms with van der Waals surface area (Å²) < 4.78 is 1.56. The summed E-state index contributed by atoms with van der Waals surface area (Å²) in [5.74, 6) is 0.150. The average molecular weight is 333 g/mol. The molecule has 0 N–H and O–H groups in total. The van der Waals surface area contributed by atoms with Crippen molar-refractivity contribution in [3.05, 3.63) is 28.1 Å². The summed E-state index contributed by atoms with van der Waals surface area (Å²) in [6, 6.07) is 2.18. The van der Waals surface area contributed by atoms with Crippen molar-refractivity contribution >= 4 is 27.5 Å². The predicted octanol–water partition coefficient (Wildman–Crippen LogP) is 3.03. The van der Waals surface area contributed by atoms with E-state index < -0.39 is 0 Å². The minimum atomic E-state index is -0.0511. The quantitative estimate of drug-likeness (QED) is 0.845. The third-order valence-corrected chi connectivity index (χ3v) is 5.51. The van der Waals surface area contributed by atoms with Gasteiger partial charge in [0.1, 0.15) is 4.83 Å². The Labute approximate surface area is 139 Å². The van der Waals surface area contributed by atoms with E-state index in [1.807, 2.05) is 17.2 Å². The second-order valence-electron chi connectivity index (χ2n) is 6.10. The summed E-state index contributed by atoms with van der Waals surface area (Å²) in [6.45, 7) is 3.19. The zero-order valence-corrected chi connectivity index (χ0v) is 14.3. The minimum Gasteiger partial charge on any atom is -0.340 e. The van der Waals surface area contributed by atoms with Crippen molar-refractivity contribution in [2.75, 3.05) is 6.54 Å². The highest BCUT2D eigenvalue weighted by molar-refractivity contribution is 7.16. The Balaban J connectivity index is 1.66. The highest BCUT2D eigenvalue weighted by Crippen LogP contribution is 2.23. The number of aromatic nitrogens is 2. The fourth-order valence-electron chi connectivity index (χ4n) is 3.44. The maximum absolute atomic E-state index is 12.6. The molecule has 0 aliphatic heterocycles. The summed E-state index contributed by atoms with van der Waals surface area (Å²) in [5, 5.41) is 2.51. The number of carbonyl (C=O) groups excluding carboxylic acids is 1. The molecule has 0 radical (unpaired) electrons. The Morgan fingerprint density at radius 3 is 2.91 bits per heavy atom. The lowest BCUT2D eigenvalue weighted by atomic mass is 9.94. The summed E-state index contributed by atoms with van der Waals surface area (Å²) in [7, 11) is 0. The molecule has 5 nitrogen and oxygen atoms in total. The van der Waals surface area contributed by atoms with E-state index in [4.69, 9.17) is 0 Å². The Morgan fingerprint density at radius 1 is 1.39 bits per heavy atom. The zero-order valence-electron chi connectivity index (χ0n) is 13.5. The van der Waals surface area contributed by atoms with Gasteiger partial charge in [0, 0.05) is 25.6 Å². The summed E-state index contributed by atoms with van der Waals surface area (Å²) in [4.78, 5) is 32.0. The number of rotatable bonds is 5. The molecule has 1 amide bonds. The molecule has 0 saturated heterocycles. The molecule has 23 heavy (non-hydrogen) atoms. The first-order valence-electron chi connectivity index (χ1n) is 8.43. The normalized spacial score (nSPS) is 15.9. The van der Waals surface area contributed by atoms with Crippen LogP contribution in [0, 0.1) is 0 Å². The molecule has 0 unspecified atom stereocenters. The first kappa shape index (κ1) is 16.2. The standard InChI is InChI=1S/C17H23N3O2S/c1-2-20(13-6-4-3-5-7-13)15(21)8-10-19-12-18-16-14(17(19)22)9-11-23-16/h9,11-13H,2-8,10H2,1H3. The van der Waals surface area contributed by atoms with Gasteiger partial charge >= 0.3 is 0 Å². The maximum atomic E-state index is 12.6. The number of fused-ring (bicyclic) bond motifs is 1. The van der Waals surface area contributed by atoms with Crippen LogP contribution in [0.25, 0.3) is 10.2 Å². The van der Waals surface area contributed by atoms with Crippen molar-refractivity contribution in [3.63, 3.8) is 0 Å². The van der Waals surface area contributed by atoms with Gasteiger partial charge in [0.25, 0.3) is 5.56 Å². The van der Waals surface area contributed by atoms with Gasteiger partial charge in [-0.2, -0.15) is 0 Å². The lowest BCUT2D eigenvalue weighted by Crippen LogP contribution is -2.41. The van der Waals surface area contributed by atoms with Crippen molar-refractivity contribution in [1.82, 2.24) is 14.5 Å². The van der Waals surface area contributed by atoms with Crippen LogP contribution in [0.5, 0.6) is 0 Å². The molecule has 6 heteroatoms. The minimum absolute atomic E-state index is 0.0511. The molecule has 1 aliphatic rings. The lowest BCUT2D eigenvalue weighted by Gasteiger charge is -2.33. The summed E-state index contributed by atoms with van der Waals surface area (Å²) in [5.41, 5.74) is -0.0511. The van der Waals surface area contributed by atoms with Crippen molar-refractivity contribution in [2.45, 2.75) is 58.0 Å². The molecule has 2 aromatic heterocycles. The first-order chi connectivity index (χ1) is 11.2. The number of hydrogen-bond acceptors (Lipinski definition) is 4. The Kier molecular flexibility index (Phi) is 5.10. The van der Waals surface area contributed by atoms with E-state index in [1.54, 1.807) is 17.0 Å². The Morgan fingerprint density at radius 2 is 2.17 bits per heavy atom. The van der Waals surface area contributed by atoms with Crippen molar-refractivity contribution < 1.29 is 4.79 Å². The highest BCUT2D eigenvalue weighted by atomic mass is 32.1. The number of carbonyl (C=O) groups is 1. The SMILES string of the molecule is CCN(C(=O)CCn1cnc2sccc2c1=O)C1CCCCC1. The Hall–Kier alpha value is -1.69. The van der Waals surface area contributed by atoms with Crippen LogP contribution >= 0.6 is 11.3 Å². The first-order valence-corrected chi connectivity index (χ1v) is 9.30. The second kappa shape index (κ2) is 7.25. The molecule has 0 atom stereocenters. The molecule has 2 aromatic rings. The summed E-state index contributed by atoms with van der Waals surface area (Å²) in [6.07, 6.45) is 7.86. The van der Waals surface area contributed by atoms with E-state index in [-0.39, 0.29) is 11.5 Å². The van der Waals surface area contributed by atoms with Crippen molar-refractivity contribution in [3.8, 4) is 0 Å². The van der Waals surface area contributed by atoms with E-state index in [1.165, 1.54) is 30.6 Å². The molecule has 1 fully saturated rings. The highest BCUT2D eigenvalue weighted by Gasteiger charge is 2.23. The molecule has 2 heterocycles. The van der Waals surface area contributed by atoms with Gasteiger partial charge in [-0.15, -0.1) is 11.3 Å². The molecule has 0 spiro atoms. The monoisotopic (exact) mass is 333 g/mol. The van der Waals surface area contributed by atoms with Crippen LogP contribution < -0.4 is 5.56 Å². The van der Waals surface area contributed by atoms with E-state index in [0.717, 1.165) is 24.2 Å². The number of hydrogen-bond donors (Lipinski definition) is 0. The molecular formula is C17H23N3O2S. The van der Waals surface area contributed by atoms with E-state index >= 15 is 0 Å². The molecule has 0 bridgehead atoms. The number of aryl methyl sites for hydroxylation is 1. The van der Waals surface area contributed by atoms with E-state index in [0.29, 0.717) is 24.4 Å². The molecule has 1 aliphatic carbocycles. The van der Waals surface area contributed by atoms with Crippen LogP contribution in [0.15, 0.2) is 22.6 Å². The third-order valence-electron chi connectivity index (χ3n) is 4.69. The molecule has 3 rings (SSSR count). The van der Waals surface area contributed by atoms with Gasteiger partial charge in [-0.3, -0.25) is 14.2 Å². The lowest BCUT2D eigenvalue weighted by molar-refractivity contribution is -0.134. The number of thiophene rings is 1. The van der Waals surface area contributed by atoms with Gasteiger partial charge in [0.2, 0.25) is 5.91 Å². The molecular weight excluding hydrogens is 310 g/mol. The second-order valence-corrected chi connectivity index (χ2v) is 7.00. The van der Waals surface area contributed by atoms with Crippen LogP contribution in [0.3, 0.4) is 0 Å². The van der Waals surface area contributed by atoms with Gasteiger partial charge in [-0.25, -0.2) is 4.98 Å². The van der Waals surface area contributed by atoms with Crippen LogP contribution in [-0.4, -0.2) is 32.9 Å². The van der Waals surface area contributed by atoms with Gasteiger partial charge < -0.3 is 4.90 Å². The average Bonchev–Trinajstić information content (AvgIpc) is 3.05. The molecule has 124 valence electrons. The van der Waals surface area contributed by atoms with Crippen molar-refractivity contribution in [1.29, 1.82) is 0 Å². The fraction of sp³-hybridized carbons (Fsp3) is 0.588. The summed E-state index contributed by atoms with van der Waals surface area (Å²) >= 11 is 1.46. The smallest absolute Gasteiger partial charge is 0.262 e. The zero-order chi connectivity index (χ0) is 16.2. The number of amides is 1. The van der Waals surface area contributed by atoms with Crippen LogP contribution in [0.4, 0.5) is 0 Å². The molecule has 0 aromatic carbocycles. The largest absolute Gasteiger partial charge is 0.340 e. The maximum Gasteiger partial charge on any atom is 0.262 e. The van der Waals surface area contributed by atoms with Crippen LogP contribution in [0.1, 0.15) is 45.4 Å². The van der Waals surface area contributed by atoms with E-state index in [9.17, 15) is 9.59 Å². The van der Waals surface area contributed by atoms with Gasteiger partial charge in [-0.05, 0) is 31.2 Å². The fourth-order valence-corrected chi connectivity index (χ4v) is 4.17. The van der Waals surface area contributed by atoms with Crippen LogP contribution in [-0.2, 0) is 11.3 Å². The topological polar surface area (TPSA) is 55.2 Å².